The fourth-order valence-electron chi connectivity index (χ4n) is 1.82. The third-order valence-electron chi connectivity index (χ3n) is 2.53. The molecule has 0 saturated carbocycles. The fraction of sp³-hybridized carbons (Fsp3) is 0.462. The zero-order valence-electron chi connectivity index (χ0n) is 10.5. The van der Waals surface area contributed by atoms with Crippen molar-refractivity contribution in [1.29, 1.82) is 0 Å². The molecule has 0 heterocycles. The molecule has 1 aromatic rings. The summed E-state index contributed by atoms with van der Waals surface area (Å²) in [6, 6.07) is 5.70. The van der Waals surface area contributed by atoms with Crippen LogP contribution in [-0.2, 0) is 0 Å². The Hall–Kier alpha value is -0.800. The molecule has 0 atom stereocenters. The first kappa shape index (κ1) is 14.3. The lowest BCUT2D eigenvalue weighted by molar-refractivity contribution is 0.618. The van der Waals surface area contributed by atoms with Crippen LogP contribution in [0.5, 0.6) is 0 Å². The van der Waals surface area contributed by atoms with Gasteiger partial charge in [-0.25, -0.2) is 0 Å². The molecule has 1 aromatic carbocycles. The quantitative estimate of drug-likeness (QED) is 0.831. The van der Waals surface area contributed by atoms with E-state index in [1.165, 1.54) is 0 Å². The number of rotatable bonds is 5. The van der Waals surface area contributed by atoms with Crippen LogP contribution in [0.4, 0.5) is 5.69 Å². The molecule has 0 aliphatic carbocycles. The minimum absolute atomic E-state index is 0.393. The highest BCUT2D eigenvalue weighted by atomic mass is 35.5. The molecular formula is C13H19ClN2S. The molecule has 0 bridgehead atoms. The largest absolute Gasteiger partial charge is 0.389 e. The topological polar surface area (TPSA) is 29.3 Å². The van der Waals surface area contributed by atoms with Gasteiger partial charge < -0.3 is 10.6 Å². The van der Waals surface area contributed by atoms with Gasteiger partial charge in [0.1, 0.15) is 4.99 Å². The summed E-state index contributed by atoms with van der Waals surface area (Å²) in [6.45, 7) is 8.42. The average molecular weight is 271 g/mol. The maximum atomic E-state index is 5.98. The van der Waals surface area contributed by atoms with Crippen LogP contribution in [0.3, 0.4) is 0 Å². The standard InChI is InChI=1S/C13H19ClN2S/c1-4-16(8-9(2)3)12-6-5-10(14)7-11(12)13(15)17/h5-7,9H,4,8H2,1-3H3,(H2,15,17). The number of nitrogens with two attached hydrogens (primary N) is 1. The zero-order chi connectivity index (χ0) is 13.0. The molecule has 0 amide bonds. The maximum absolute atomic E-state index is 5.98. The second kappa shape index (κ2) is 6.22. The highest BCUT2D eigenvalue weighted by molar-refractivity contribution is 7.80. The summed E-state index contributed by atoms with van der Waals surface area (Å²) in [7, 11) is 0. The Morgan fingerprint density at radius 3 is 2.59 bits per heavy atom. The van der Waals surface area contributed by atoms with E-state index >= 15 is 0 Å². The van der Waals surface area contributed by atoms with Gasteiger partial charge in [0.25, 0.3) is 0 Å². The highest BCUT2D eigenvalue weighted by Gasteiger charge is 2.13. The lowest BCUT2D eigenvalue weighted by Crippen LogP contribution is -2.29. The molecule has 0 fully saturated rings. The lowest BCUT2D eigenvalue weighted by Gasteiger charge is -2.27. The third-order valence-corrected chi connectivity index (χ3v) is 2.99. The molecule has 2 nitrogen and oxygen atoms in total. The summed E-state index contributed by atoms with van der Waals surface area (Å²) in [5, 5.41) is 0.664. The van der Waals surface area contributed by atoms with Crippen molar-refractivity contribution in [2.45, 2.75) is 20.8 Å². The zero-order valence-corrected chi connectivity index (χ0v) is 12.1. The molecule has 17 heavy (non-hydrogen) atoms. The average Bonchev–Trinajstić information content (AvgIpc) is 2.25. The van der Waals surface area contributed by atoms with E-state index in [1.54, 1.807) is 0 Å². The van der Waals surface area contributed by atoms with Gasteiger partial charge >= 0.3 is 0 Å². The highest BCUT2D eigenvalue weighted by Crippen LogP contribution is 2.25. The molecule has 4 heteroatoms. The lowest BCUT2D eigenvalue weighted by atomic mass is 10.1. The first-order valence-electron chi connectivity index (χ1n) is 5.80. The SMILES string of the molecule is CCN(CC(C)C)c1ccc(Cl)cc1C(N)=S. The predicted octanol–water partition coefficient (Wildman–Crippen LogP) is 3.46. The monoisotopic (exact) mass is 270 g/mol. The molecule has 1 rings (SSSR count). The van der Waals surface area contributed by atoms with E-state index in [1.807, 2.05) is 18.2 Å². The molecule has 94 valence electrons. The van der Waals surface area contributed by atoms with Crippen LogP contribution in [0.2, 0.25) is 5.02 Å². The first-order chi connectivity index (χ1) is 7.95. The number of hydrogen-bond donors (Lipinski definition) is 1. The van der Waals surface area contributed by atoms with Gasteiger partial charge in [-0.2, -0.15) is 0 Å². The first-order valence-corrected chi connectivity index (χ1v) is 6.58. The molecule has 0 saturated heterocycles. The van der Waals surface area contributed by atoms with Crippen molar-refractivity contribution >= 4 is 34.5 Å². The van der Waals surface area contributed by atoms with Crippen LogP contribution in [0, 0.1) is 5.92 Å². The summed E-state index contributed by atoms with van der Waals surface area (Å²) in [5.74, 6) is 0.588. The number of anilines is 1. The Morgan fingerprint density at radius 1 is 1.47 bits per heavy atom. The Kier molecular flexibility index (Phi) is 5.22. The normalized spacial score (nSPS) is 10.6. The van der Waals surface area contributed by atoms with Gasteiger partial charge in [-0.3, -0.25) is 0 Å². The predicted molar refractivity (Wildman–Crippen MR) is 80.1 cm³/mol. The van der Waals surface area contributed by atoms with Crippen molar-refractivity contribution in [2.75, 3.05) is 18.0 Å². The maximum Gasteiger partial charge on any atom is 0.106 e. The van der Waals surface area contributed by atoms with Crippen molar-refractivity contribution < 1.29 is 0 Å². The Morgan fingerprint density at radius 2 is 2.12 bits per heavy atom. The van der Waals surface area contributed by atoms with Gasteiger partial charge in [0.05, 0.1) is 0 Å². The summed E-state index contributed by atoms with van der Waals surface area (Å²) < 4.78 is 0. The van der Waals surface area contributed by atoms with Crippen molar-refractivity contribution in [1.82, 2.24) is 0 Å². The van der Waals surface area contributed by atoms with Crippen molar-refractivity contribution in [3.05, 3.63) is 28.8 Å². The summed E-state index contributed by atoms with van der Waals surface area (Å²) in [6.07, 6.45) is 0. The van der Waals surface area contributed by atoms with E-state index in [4.69, 9.17) is 29.6 Å². The molecule has 0 unspecified atom stereocenters. The number of halogens is 1. The van der Waals surface area contributed by atoms with Crippen molar-refractivity contribution in [2.24, 2.45) is 11.7 Å². The van der Waals surface area contributed by atoms with Gasteiger partial charge in [0.2, 0.25) is 0 Å². The molecule has 0 aliphatic heterocycles. The second-order valence-electron chi connectivity index (χ2n) is 4.46. The minimum Gasteiger partial charge on any atom is -0.389 e. The molecule has 2 N–H and O–H groups in total. The van der Waals surface area contributed by atoms with Crippen LogP contribution >= 0.6 is 23.8 Å². The fourth-order valence-corrected chi connectivity index (χ4v) is 2.16. The van der Waals surface area contributed by atoms with Gasteiger partial charge in [-0.15, -0.1) is 0 Å². The molecule has 0 aromatic heterocycles. The van der Waals surface area contributed by atoms with E-state index in [2.05, 4.69) is 25.7 Å². The third kappa shape index (κ3) is 3.86. The van der Waals surface area contributed by atoms with Crippen molar-refractivity contribution in [3.8, 4) is 0 Å². The number of nitrogens with zero attached hydrogens (tertiary/aromatic N) is 1. The van der Waals surface area contributed by atoms with Gasteiger partial charge in [0.15, 0.2) is 0 Å². The van der Waals surface area contributed by atoms with Crippen LogP contribution in [0.1, 0.15) is 26.3 Å². The molecular weight excluding hydrogens is 252 g/mol. The summed E-state index contributed by atoms with van der Waals surface area (Å²) >= 11 is 11.1. The van der Waals surface area contributed by atoms with Crippen LogP contribution in [0.25, 0.3) is 0 Å². The van der Waals surface area contributed by atoms with Gasteiger partial charge in [0, 0.05) is 29.4 Å². The summed E-state index contributed by atoms with van der Waals surface area (Å²) in [4.78, 5) is 2.67. The molecule has 0 aliphatic rings. The minimum atomic E-state index is 0.393. The van der Waals surface area contributed by atoms with Crippen molar-refractivity contribution in [3.63, 3.8) is 0 Å². The summed E-state index contributed by atoms with van der Waals surface area (Å²) in [5.41, 5.74) is 7.68. The number of thiocarbonyl (C=S) groups is 1. The smallest absolute Gasteiger partial charge is 0.106 e. The van der Waals surface area contributed by atoms with E-state index in [9.17, 15) is 0 Å². The Bertz CT molecular complexity index is 404. The molecule has 0 spiro atoms. The van der Waals surface area contributed by atoms with E-state index in [0.717, 1.165) is 24.3 Å². The van der Waals surface area contributed by atoms with E-state index < -0.39 is 0 Å². The van der Waals surface area contributed by atoms with E-state index in [-0.39, 0.29) is 0 Å². The van der Waals surface area contributed by atoms with E-state index in [0.29, 0.717) is 15.9 Å². The van der Waals surface area contributed by atoms with Crippen LogP contribution < -0.4 is 10.6 Å². The second-order valence-corrected chi connectivity index (χ2v) is 5.33. The Labute approximate surface area is 114 Å². The van der Waals surface area contributed by atoms with Gasteiger partial charge in [-0.1, -0.05) is 37.7 Å². The number of benzene rings is 1. The van der Waals surface area contributed by atoms with Crippen LogP contribution in [0.15, 0.2) is 18.2 Å². The number of hydrogen-bond acceptors (Lipinski definition) is 2. The molecule has 0 radical (unpaired) electrons. The van der Waals surface area contributed by atoms with Crippen LogP contribution in [-0.4, -0.2) is 18.1 Å². The Balaban J connectivity index is 3.14. The van der Waals surface area contributed by atoms with Gasteiger partial charge in [-0.05, 0) is 31.0 Å².